The molecule has 1 atom stereocenters. The van der Waals surface area contributed by atoms with Gasteiger partial charge in [-0.25, -0.2) is 0 Å². The maximum Gasteiger partial charge on any atom is 0.138 e. The Morgan fingerprint density at radius 1 is 1.00 bits per heavy atom. The summed E-state index contributed by atoms with van der Waals surface area (Å²) < 4.78 is 5.73. The summed E-state index contributed by atoms with van der Waals surface area (Å²) in [6.45, 7) is 3.98. The van der Waals surface area contributed by atoms with Crippen molar-refractivity contribution in [2.45, 2.75) is 20.0 Å². The zero-order chi connectivity index (χ0) is 14.3. The van der Waals surface area contributed by atoms with Crippen molar-refractivity contribution < 1.29 is 9.52 Å². The molecule has 0 saturated carbocycles. The number of benzene rings is 2. The van der Waals surface area contributed by atoms with Gasteiger partial charge in [0.25, 0.3) is 0 Å². The number of aliphatic hydroxyl groups is 1. The first-order valence-corrected chi connectivity index (χ1v) is 6.86. The van der Waals surface area contributed by atoms with Gasteiger partial charge in [0, 0.05) is 10.4 Å². The number of fused-ring (bicyclic) bond motifs is 1. The molecule has 3 rings (SSSR count). The Morgan fingerprint density at radius 2 is 1.80 bits per heavy atom. The number of hydrogen-bond donors (Lipinski definition) is 1. The Hall–Kier alpha value is -1.77. The van der Waals surface area contributed by atoms with Crippen molar-refractivity contribution in [3.63, 3.8) is 0 Å². The minimum Gasteiger partial charge on any atom is -0.458 e. The number of furan rings is 1. The van der Waals surface area contributed by atoms with E-state index >= 15 is 0 Å². The lowest BCUT2D eigenvalue weighted by molar-refractivity contribution is 0.192. The van der Waals surface area contributed by atoms with Gasteiger partial charge in [-0.2, -0.15) is 0 Å². The summed E-state index contributed by atoms with van der Waals surface area (Å²) in [6, 6.07) is 13.4. The number of rotatable bonds is 2. The topological polar surface area (TPSA) is 33.4 Å². The van der Waals surface area contributed by atoms with Crippen molar-refractivity contribution in [3.8, 4) is 0 Å². The van der Waals surface area contributed by atoms with Crippen molar-refractivity contribution in [1.82, 2.24) is 0 Å². The Bertz CT molecular complexity index is 754. The summed E-state index contributed by atoms with van der Waals surface area (Å²) in [5.41, 5.74) is 3.70. The normalized spacial score (nSPS) is 12.8. The molecule has 0 bridgehead atoms. The average Bonchev–Trinajstić information content (AvgIpc) is 2.79. The van der Waals surface area contributed by atoms with Gasteiger partial charge < -0.3 is 9.52 Å². The number of hydrogen-bond acceptors (Lipinski definition) is 2. The maximum absolute atomic E-state index is 10.5. The molecule has 1 aromatic heterocycles. The Morgan fingerprint density at radius 3 is 2.55 bits per heavy atom. The fraction of sp³-hybridized carbons (Fsp3) is 0.176. The molecule has 0 aliphatic rings. The van der Waals surface area contributed by atoms with Gasteiger partial charge in [0.2, 0.25) is 0 Å². The summed E-state index contributed by atoms with van der Waals surface area (Å²) >= 11 is 6.04. The highest BCUT2D eigenvalue weighted by molar-refractivity contribution is 6.30. The van der Waals surface area contributed by atoms with Gasteiger partial charge in [0.15, 0.2) is 0 Å². The molecule has 0 aliphatic carbocycles. The van der Waals surface area contributed by atoms with Gasteiger partial charge in [-0.15, -0.1) is 0 Å². The van der Waals surface area contributed by atoms with Crippen LogP contribution in [0.4, 0.5) is 0 Å². The zero-order valence-electron chi connectivity index (χ0n) is 11.4. The molecule has 102 valence electrons. The smallest absolute Gasteiger partial charge is 0.138 e. The van der Waals surface area contributed by atoms with Crippen LogP contribution < -0.4 is 0 Å². The molecule has 2 aromatic carbocycles. The molecule has 0 saturated heterocycles. The lowest BCUT2D eigenvalue weighted by atomic mass is 10.0. The third kappa shape index (κ3) is 2.45. The van der Waals surface area contributed by atoms with E-state index in [2.05, 4.69) is 0 Å². The first-order valence-electron chi connectivity index (χ1n) is 6.48. The highest BCUT2D eigenvalue weighted by Crippen LogP contribution is 2.30. The van der Waals surface area contributed by atoms with E-state index in [0.717, 1.165) is 27.7 Å². The van der Waals surface area contributed by atoms with E-state index in [1.165, 1.54) is 0 Å². The molecule has 20 heavy (non-hydrogen) atoms. The van der Waals surface area contributed by atoms with Gasteiger partial charge in [-0.3, -0.25) is 0 Å². The van der Waals surface area contributed by atoms with E-state index in [9.17, 15) is 5.11 Å². The second kappa shape index (κ2) is 4.97. The first-order chi connectivity index (χ1) is 9.52. The summed E-state index contributed by atoms with van der Waals surface area (Å²) in [5, 5.41) is 12.1. The lowest BCUT2D eigenvalue weighted by Crippen LogP contribution is -1.98. The van der Waals surface area contributed by atoms with Gasteiger partial charge in [0.05, 0.1) is 0 Å². The molecule has 0 fully saturated rings. The predicted molar refractivity (Wildman–Crippen MR) is 81.2 cm³/mol. The summed E-state index contributed by atoms with van der Waals surface area (Å²) in [7, 11) is 0. The SMILES string of the molecule is Cc1cc(Cl)cc(C(O)c2cc3cc(C)ccc3o2)c1. The predicted octanol–water partition coefficient (Wildman–Crippen LogP) is 4.78. The minimum absolute atomic E-state index is 0.535. The second-order valence-electron chi connectivity index (χ2n) is 5.15. The van der Waals surface area contributed by atoms with E-state index in [1.807, 2.05) is 50.2 Å². The molecule has 3 heteroatoms. The van der Waals surface area contributed by atoms with E-state index in [0.29, 0.717) is 10.8 Å². The largest absolute Gasteiger partial charge is 0.458 e. The van der Waals surface area contributed by atoms with Crippen LogP contribution in [0.1, 0.15) is 28.6 Å². The Kier molecular flexibility index (Phi) is 3.28. The van der Waals surface area contributed by atoms with Crippen LogP contribution >= 0.6 is 11.6 Å². The van der Waals surface area contributed by atoms with Gasteiger partial charge >= 0.3 is 0 Å². The molecule has 0 amide bonds. The Balaban J connectivity index is 2.05. The van der Waals surface area contributed by atoms with Crippen LogP contribution in [-0.4, -0.2) is 5.11 Å². The maximum atomic E-state index is 10.5. The van der Waals surface area contributed by atoms with Crippen molar-refractivity contribution in [2.75, 3.05) is 0 Å². The van der Waals surface area contributed by atoms with Gasteiger partial charge in [-0.05, 0) is 55.3 Å². The van der Waals surface area contributed by atoms with Gasteiger partial charge in [0.1, 0.15) is 17.4 Å². The molecular formula is C17H15ClO2. The minimum atomic E-state index is -0.805. The van der Waals surface area contributed by atoms with Gasteiger partial charge in [-0.1, -0.05) is 29.3 Å². The quantitative estimate of drug-likeness (QED) is 0.735. The summed E-state index contributed by atoms with van der Waals surface area (Å²) in [6.07, 6.45) is -0.805. The summed E-state index contributed by atoms with van der Waals surface area (Å²) in [5.74, 6) is 0.535. The van der Waals surface area contributed by atoms with Crippen LogP contribution in [0.15, 0.2) is 46.9 Å². The molecule has 0 radical (unpaired) electrons. The van der Waals surface area contributed by atoms with E-state index in [1.54, 1.807) is 6.07 Å². The molecule has 0 spiro atoms. The van der Waals surface area contributed by atoms with Crippen LogP contribution in [0.2, 0.25) is 5.02 Å². The first kappa shape index (κ1) is 13.2. The fourth-order valence-corrected chi connectivity index (χ4v) is 2.70. The van der Waals surface area contributed by atoms with Crippen molar-refractivity contribution in [1.29, 1.82) is 0 Å². The highest BCUT2D eigenvalue weighted by Gasteiger charge is 2.16. The van der Waals surface area contributed by atoms with Crippen molar-refractivity contribution >= 4 is 22.6 Å². The molecule has 3 aromatic rings. The van der Waals surface area contributed by atoms with E-state index in [-0.39, 0.29) is 0 Å². The van der Waals surface area contributed by atoms with E-state index < -0.39 is 6.10 Å². The zero-order valence-corrected chi connectivity index (χ0v) is 12.1. The van der Waals surface area contributed by atoms with E-state index in [4.69, 9.17) is 16.0 Å². The monoisotopic (exact) mass is 286 g/mol. The number of aliphatic hydroxyl groups excluding tert-OH is 1. The molecule has 0 aliphatic heterocycles. The molecule has 2 nitrogen and oxygen atoms in total. The van der Waals surface area contributed by atoms with Crippen LogP contribution in [0, 0.1) is 13.8 Å². The molecule has 1 N–H and O–H groups in total. The average molecular weight is 287 g/mol. The number of aryl methyl sites for hydroxylation is 2. The second-order valence-corrected chi connectivity index (χ2v) is 5.59. The third-order valence-corrected chi connectivity index (χ3v) is 3.56. The molecule has 1 unspecified atom stereocenters. The summed E-state index contributed by atoms with van der Waals surface area (Å²) in [4.78, 5) is 0. The number of halogens is 1. The van der Waals surface area contributed by atoms with Crippen LogP contribution in [0.25, 0.3) is 11.0 Å². The fourth-order valence-electron chi connectivity index (χ4n) is 2.40. The van der Waals surface area contributed by atoms with Crippen molar-refractivity contribution in [3.05, 3.63) is 69.9 Å². The van der Waals surface area contributed by atoms with Crippen LogP contribution in [-0.2, 0) is 0 Å². The van der Waals surface area contributed by atoms with Crippen LogP contribution in [0.3, 0.4) is 0 Å². The third-order valence-electron chi connectivity index (χ3n) is 3.34. The highest BCUT2D eigenvalue weighted by atomic mass is 35.5. The van der Waals surface area contributed by atoms with Crippen molar-refractivity contribution in [2.24, 2.45) is 0 Å². The standard InChI is InChI=1S/C17H15ClO2/c1-10-3-4-15-12(5-10)9-16(20-15)17(19)13-6-11(2)7-14(18)8-13/h3-9,17,19H,1-2H3. The molecule has 1 heterocycles. The molecular weight excluding hydrogens is 272 g/mol. The lowest BCUT2D eigenvalue weighted by Gasteiger charge is -2.09. The Labute approximate surface area is 122 Å². The van der Waals surface area contributed by atoms with Crippen LogP contribution in [0.5, 0.6) is 0 Å².